The molecule has 6 rings (SSSR count). The second-order valence-corrected chi connectivity index (χ2v) is 14.7. The molecule has 3 amide bonds. The lowest BCUT2D eigenvalue weighted by Gasteiger charge is -2.40. The molecule has 3 saturated heterocycles. The fourth-order valence-electron chi connectivity index (χ4n) is 8.47. The summed E-state index contributed by atoms with van der Waals surface area (Å²) in [5.74, 6) is -3.82. The Kier molecular flexibility index (Phi) is 11.2. The number of allylic oxidation sites excluding steroid dienone is 1. The Hall–Kier alpha value is -4.88. The van der Waals surface area contributed by atoms with Crippen molar-refractivity contribution in [3.63, 3.8) is 0 Å². The van der Waals surface area contributed by atoms with E-state index in [1.165, 1.54) is 4.90 Å². The first-order valence-corrected chi connectivity index (χ1v) is 18.4. The van der Waals surface area contributed by atoms with E-state index in [-0.39, 0.29) is 38.1 Å². The van der Waals surface area contributed by atoms with Gasteiger partial charge in [0.15, 0.2) is 0 Å². The summed E-state index contributed by atoms with van der Waals surface area (Å²) in [5.41, 5.74) is 0.768. The van der Waals surface area contributed by atoms with E-state index in [1.54, 1.807) is 33.7 Å². The van der Waals surface area contributed by atoms with Gasteiger partial charge < -0.3 is 29.3 Å². The third-order valence-corrected chi connectivity index (χ3v) is 11.3. The number of fused-ring (bicyclic) bond motifs is 2. The van der Waals surface area contributed by atoms with E-state index in [1.807, 2.05) is 75.4 Å². The molecule has 2 aromatic carbocycles. The number of hydrogen-bond donors (Lipinski definition) is 1. The largest absolute Gasteiger partial charge is 0.455 e. The quantitative estimate of drug-likeness (QED) is 0.172. The lowest BCUT2D eigenvalue weighted by atomic mass is 9.70. The predicted molar refractivity (Wildman–Crippen MR) is 197 cm³/mol. The van der Waals surface area contributed by atoms with E-state index >= 15 is 0 Å². The van der Waals surface area contributed by atoms with Crippen LogP contribution in [0.4, 0.5) is 0 Å². The van der Waals surface area contributed by atoms with Gasteiger partial charge in [0.2, 0.25) is 17.7 Å². The van der Waals surface area contributed by atoms with Gasteiger partial charge in [-0.2, -0.15) is 0 Å². The molecule has 53 heavy (non-hydrogen) atoms. The molecule has 3 aliphatic rings. The molecule has 3 fully saturated rings. The van der Waals surface area contributed by atoms with Gasteiger partial charge >= 0.3 is 5.97 Å². The van der Waals surface area contributed by atoms with Crippen molar-refractivity contribution in [1.82, 2.24) is 29.7 Å². The number of aliphatic hydroxyl groups is 1. The number of para-hydroxylation sites is 1. The maximum absolute atomic E-state index is 15.0. The number of carbonyl (C=O) groups excluding carboxylic acids is 4. The van der Waals surface area contributed by atoms with E-state index < -0.39 is 65.6 Å². The van der Waals surface area contributed by atoms with Crippen molar-refractivity contribution in [2.24, 2.45) is 17.8 Å². The van der Waals surface area contributed by atoms with Gasteiger partial charge in [-0.1, -0.05) is 73.7 Å². The van der Waals surface area contributed by atoms with E-state index in [2.05, 4.69) is 23.5 Å². The Labute approximate surface area is 310 Å². The second kappa shape index (κ2) is 15.6. The van der Waals surface area contributed by atoms with Crippen LogP contribution in [0, 0.1) is 17.8 Å². The summed E-state index contributed by atoms with van der Waals surface area (Å²) in [7, 11) is 1.68. The third kappa shape index (κ3) is 6.76. The molecule has 2 bridgehead atoms. The lowest BCUT2D eigenvalue weighted by molar-refractivity contribution is -0.165. The SMILES string of the molecule is C=CCCC(=O)N(C)[C@H](C)[C@H](OC(=O)[C@@H]1[C@@H]2CC[C@]3(O2)[C@H](C(=O)N(CC=C)Cn2nnc4ccccc42)N([C@@H](CO)C(C)C)C(=O)[C@@H]13)c1ccccc1. The highest BCUT2D eigenvalue weighted by molar-refractivity contribution is 5.98. The number of rotatable bonds is 16. The topological polar surface area (TPSA) is 147 Å². The smallest absolute Gasteiger partial charge is 0.313 e. The van der Waals surface area contributed by atoms with Crippen molar-refractivity contribution >= 4 is 34.7 Å². The minimum Gasteiger partial charge on any atom is -0.455 e. The van der Waals surface area contributed by atoms with Crippen molar-refractivity contribution in [2.45, 2.75) is 89.1 Å². The van der Waals surface area contributed by atoms with Crippen LogP contribution in [-0.4, -0.2) is 109 Å². The molecule has 13 nitrogen and oxygen atoms in total. The van der Waals surface area contributed by atoms with Crippen molar-refractivity contribution in [2.75, 3.05) is 20.2 Å². The number of aliphatic hydroxyl groups excluding tert-OH is 1. The molecular formula is C40H50N6O7. The average Bonchev–Trinajstić information content (AvgIpc) is 3.92. The van der Waals surface area contributed by atoms with Crippen LogP contribution < -0.4 is 0 Å². The highest BCUT2D eigenvalue weighted by Crippen LogP contribution is 2.59. The molecule has 1 spiro atoms. The van der Waals surface area contributed by atoms with Gasteiger partial charge in [-0.15, -0.1) is 18.3 Å². The molecule has 0 aliphatic carbocycles. The highest BCUT2D eigenvalue weighted by atomic mass is 16.6. The molecular weight excluding hydrogens is 676 g/mol. The second-order valence-electron chi connectivity index (χ2n) is 14.7. The van der Waals surface area contributed by atoms with Gasteiger partial charge in [0.05, 0.1) is 42.1 Å². The molecule has 1 aromatic heterocycles. The van der Waals surface area contributed by atoms with Crippen LogP contribution in [0.15, 0.2) is 79.9 Å². The molecule has 282 valence electrons. The number of benzene rings is 2. The fraction of sp³-hybridized carbons (Fsp3) is 0.500. The minimum atomic E-state index is -1.33. The number of ether oxygens (including phenoxy) is 2. The number of amides is 3. The van der Waals surface area contributed by atoms with Gasteiger partial charge in [0.1, 0.15) is 29.9 Å². The zero-order chi connectivity index (χ0) is 38.0. The Morgan fingerprint density at radius 3 is 2.49 bits per heavy atom. The van der Waals surface area contributed by atoms with Crippen LogP contribution in [0.1, 0.15) is 58.1 Å². The Morgan fingerprint density at radius 1 is 1.09 bits per heavy atom. The van der Waals surface area contributed by atoms with Crippen LogP contribution in [0.25, 0.3) is 11.0 Å². The molecule has 0 unspecified atom stereocenters. The number of hydrogen-bond acceptors (Lipinski definition) is 9. The van der Waals surface area contributed by atoms with Crippen molar-refractivity contribution in [1.29, 1.82) is 0 Å². The zero-order valence-corrected chi connectivity index (χ0v) is 30.9. The zero-order valence-electron chi connectivity index (χ0n) is 30.9. The first-order chi connectivity index (χ1) is 25.5. The van der Waals surface area contributed by atoms with E-state index in [9.17, 15) is 24.3 Å². The van der Waals surface area contributed by atoms with Gasteiger partial charge in [0.25, 0.3) is 0 Å². The van der Waals surface area contributed by atoms with Crippen LogP contribution in [-0.2, 0) is 35.3 Å². The summed E-state index contributed by atoms with van der Waals surface area (Å²) in [6.45, 7) is 13.0. The molecule has 1 N–H and O–H groups in total. The van der Waals surface area contributed by atoms with Crippen LogP contribution >= 0.6 is 0 Å². The van der Waals surface area contributed by atoms with Crippen LogP contribution in [0.2, 0.25) is 0 Å². The third-order valence-electron chi connectivity index (χ3n) is 11.3. The van der Waals surface area contributed by atoms with Crippen molar-refractivity contribution in [3.05, 3.63) is 85.5 Å². The minimum absolute atomic E-state index is 0.0285. The molecule has 3 aliphatic heterocycles. The average molecular weight is 727 g/mol. The number of likely N-dealkylation sites (tertiary alicyclic amines) is 1. The van der Waals surface area contributed by atoms with E-state index in [0.717, 1.165) is 5.52 Å². The first-order valence-electron chi connectivity index (χ1n) is 18.4. The summed E-state index contributed by atoms with van der Waals surface area (Å²) in [6, 6.07) is 14.2. The summed E-state index contributed by atoms with van der Waals surface area (Å²) in [4.78, 5) is 62.0. The maximum Gasteiger partial charge on any atom is 0.313 e. The molecule has 0 saturated carbocycles. The van der Waals surface area contributed by atoms with Gasteiger partial charge in [-0.3, -0.25) is 19.2 Å². The standard InChI is InChI=1S/C40H50N6O7/c1-7-9-19-32(48)43(6)26(5)35(27-15-11-10-12-16-27)52-39(51)33-31-20-21-40(53-31)34(33)37(49)46(30(23-47)25(3)4)36(40)38(50)44(22-8-2)24-45-29-18-14-13-17-28(29)41-42-45/h7-8,10-18,25-26,30-31,33-36,47H,1-2,9,19-24H2,3-6H3/t26-,30+,31+,33-,34-,35+,36+,40-/m1/s1. The molecule has 13 heteroatoms. The lowest BCUT2D eigenvalue weighted by Crippen LogP contribution is -2.59. The number of aromatic nitrogens is 3. The van der Waals surface area contributed by atoms with Gasteiger partial charge in [-0.05, 0) is 49.8 Å². The maximum atomic E-state index is 15.0. The van der Waals surface area contributed by atoms with E-state index in [4.69, 9.17) is 9.47 Å². The molecule has 3 aromatic rings. The van der Waals surface area contributed by atoms with Gasteiger partial charge in [-0.25, -0.2) is 4.68 Å². The number of esters is 1. The summed E-state index contributed by atoms with van der Waals surface area (Å²) >= 11 is 0. The predicted octanol–water partition coefficient (Wildman–Crippen LogP) is 3.89. The van der Waals surface area contributed by atoms with Gasteiger partial charge in [0, 0.05) is 20.0 Å². The summed E-state index contributed by atoms with van der Waals surface area (Å²) in [6.07, 6.45) is 3.37. The molecule has 0 radical (unpaired) electrons. The van der Waals surface area contributed by atoms with Crippen LogP contribution in [0.3, 0.4) is 0 Å². The Bertz CT molecular complexity index is 1850. The first kappa shape index (κ1) is 37.9. The van der Waals surface area contributed by atoms with E-state index in [0.29, 0.717) is 30.3 Å². The molecule has 4 heterocycles. The number of carbonyl (C=O) groups is 4. The normalized spacial score (nSPS) is 24.9. The Balaban J connectivity index is 1.35. The number of nitrogens with zero attached hydrogens (tertiary/aromatic N) is 6. The van der Waals surface area contributed by atoms with Crippen molar-refractivity contribution in [3.8, 4) is 0 Å². The summed E-state index contributed by atoms with van der Waals surface area (Å²) < 4.78 is 14.7. The Morgan fingerprint density at radius 2 is 1.81 bits per heavy atom. The summed E-state index contributed by atoms with van der Waals surface area (Å²) in [5, 5.41) is 19.2. The number of likely N-dealkylation sites (N-methyl/N-ethyl adjacent to an activating group) is 1. The monoisotopic (exact) mass is 726 g/mol. The van der Waals surface area contributed by atoms with Crippen molar-refractivity contribution < 1.29 is 33.8 Å². The van der Waals surface area contributed by atoms with Crippen LogP contribution in [0.5, 0.6) is 0 Å². The molecule has 8 atom stereocenters. The highest BCUT2D eigenvalue weighted by Gasteiger charge is 2.76. The fourth-order valence-corrected chi connectivity index (χ4v) is 8.47.